The molecule has 0 unspecified atom stereocenters. The first-order chi connectivity index (χ1) is 6.00. The second kappa shape index (κ2) is 680000. The van der Waals surface area contributed by atoms with E-state index in [1.54, 1.807) is 0 Å². The third kappa shape index (κ3) is 500000. The molecule has 1 heteroatoms. The van der Waals surface area contributed by atoms with Gasteiger partial charge in [-0.2, -0.15) is 0 Å². The zero-order valence-corrected chi connectivity index (χ0v) is 11.6. The lowest BCUT2D eigenvalue weighted by Gasteiger charge is -1.19. The largest absolute Gasteiger partial charge is 0.333 e. The second-order valence-corrected chi connectivity index (χ2v) is 0. The van der Waals surface area contributed by atoms with Gasteiger partial charge in [0, 0.05) is 0 Å². The lowest BCUT2D eigenvalue weighted by Crippen LogP contribution is -1.69. The Labute approximate surface area is 82.8 Å². The van der Waals surface area contributed by atoms with Crippen molar-refractivity contribution in [3.05, 3.63) is 0 Å². The van der Waals surface area contributed by atoms with Crippen molar-refractivity contribution in [3.63, 3.8) is 0 Å². The highest BCUT2D eigenvalue weighted by atomic mass is 14.4. The second-order valence-electron chi connectivity index (χ2n) is 0. The molecule has 0 atom stereocenters. The Morgan fingerprint density at radius 2 is 0.333 bits per heavy atom. The van der Waals surface area contributed by atoms with Gasteiger partial charge in [0.2, 0.25) is 0 Å². The van der Waals surface area contributed by atoms with Crippen LogP contribution in [0.25, 0.3) is 0 Å². The van der Waals surface area contributed by atoms with Gasteiger partial charge in [0.15, 0.2) is 0 Å². The highest BCUT2D eigenvalue weighted by Crippen LogP contribution is 1.15. The van der Waals surface area contributed by atoms with Crippen LogP contribution in [0.3, 0.4) is 0 Å². The fourth-order valence-corrected chi connectivity index (χ4v) is 0. The van der Waals surface area contributed by atoms with E-state index in [0.717, 1.165) is 0 Å². The molecule has 0 aliphatic carbocycles. The van der Waals surface area contributed by atoms with Gasteiger partial charge in [0.25, 0.3) is 0 Å². The molecule has 1 nitrogen and oxygen atoms in total. The third-order valence-corrected chi connectivity index (χ3v) is 0. The quantitative estimate of drug-likeness (QED) is 0.575. The maximum absolute atomic E-state index is 4.50. The topological polar surface area (TPSA) is 26.0 Å². The minimum Gasteiger partial charge on any atom is -0.333 e. The monoisotopic (exact) mass is 181 g/mol. The summed E-state index contributed by atoms with van der Waals surface area (Å²) >= 11 is 0. The first-order valence-electron chi connectivity index (χ1n) is 5.58. The van der Waals surface area contributed by atoms with Crippen LogP contribution in [0.1, 0.15) is 69.2 Å². The van der Waals surface area contributed by atoms with Crippen molar-refractivity contribution in [1.82, 2.24) is 0 Å². The highest BCUT2D eigenvalue weighted by molar-refractivity contribution is 3.54. The molecule has 0 aliphatic rings. The smallest absolute Gasteiger partial charge is 0.0195 e. The number of nitrogens with two attached hydrogens (primary N) is 1. The van der Waals surface area contributed by atoms with Gasteiger partial charge in [-0.25, -0.2) is 0 Å². The van der Waals surface area contributed by atoms with E-state index in [1.807, 2.05) is 69.2 Å². The lowest BCUT2D eigenvalue weighted by molar-refractivity contribution is 1.48. The molecule has 2 N–H and O–H groups in total. The Balaban J connectivity index is -0.00000000900. The Kier molecular flexibility index (Phi) is 2290000. The predicted molar refractivity (Wildman–Crippen MR) is 66.9 cm³/mol. The Bertz CT molecular complexity index is 4.97. The van der Waals surface area contributed by atoms with Gasteiger partial charge in [0.1, 0.15) is 0 Å². The Morgan fingerprint density at radius 3 is 0.333 bits per heavy atom. The SMILES string of the molecule is CC.CC.CC.CC.CC.CN. The van der Waals surface area contributed by atoms with Crippen LogP contribution in [0.2, 0.25) is 0 Å². The zero-order chi connectivity index (χ0) is 12.0. The normalized spacial score (nSPS) is 3.00. The van der Waals surface area contributed by atoms with Crippen LogP contribution in [0.15, 0.2) is 0 Å². The average molecular weight is 181 g/mol. The van der Waals surface area contributed by atoms with E-state index in [0.29, 0.717) is 0 Å². The van der Waals surface area contributed by atoms with E-state index < -0.39 is 0 Å². The van der Waals surface area contributed by atoms with Gasteiger partial charge in [-0.3, -0.25) is 0 Å². The molecule has 0 saturated heterocycles. The molecule has 0 aromatic carbocycles. The van der Waals surface area contributed by atoms with Gasteiger partial charge in [-0.1, -0.05) is 69.2 Å². The molecule has 0 rings (SSSR count). The summed E-state index contributed by atoms with van der Waals surface area (Å²) in [6, 6.07) is 0. The minimum atomic E-state index is 1.50. The molecule has 0 fully saturated rings. The van der Waals surface area contributed by atoms with E-state index in [4.69, 9.17) is 0 Å². The van der Waals surface area contributed by atoms with Crippen molar-refractivity contribution >= 4 is 0 Å². The molecule has 0 saturated carbocycles. The van der Waals surface area contributed by atoms with Gasteiger partial charge in [-0.05, 0) is 7.05 Å². The van der Waals surface area contributed by atoms with E-state index in [2.05, 4.69) is 5.73 Å². The van der Waals surface area contributed by atoms with Crippen LogP contribution in [0.4, 0.5) is 0 Å². The van der Waals surface area contributed by atoms with Gasteiger partial charge >= 0.3 is 0 Å². The molecule has 12 heavy (non-hydrogen) atoms. The summed E-state index contributed by atoms with van der Waals surface area (Å²) < 4.78 is 0. The van der Waals surface area contributed by atoms with E-state index in [1.165, 1.54) is 7.05 Å². The van der Waals surface area contributed by atoms with Crippen LogP contribution in [0, 0.1) is 0 Å². The van der Waals surface area contributed by atoms with Crippen molar-refractivity contribution in [1.29, 1.82) is 0 Å². The molecule has 0 radical (unpaired) electrons. The lowest BCUT2D eigenvalue weighted by atomic mass is 11.0. The number of hydrogen-bond acceptors (Lipinski definition) is 1. The van der Waals surface area contributed by atoms with Crippen LogP contribution >= 0.6 is 0 Å². The Morgan fingerprint density at radius 1 is 0.333 bits per heavy atom. The van der Waals surface area contributed by atoms with Crippen LogP contribution < -0.4 is 5.73 Å². The van der Waals surface area contributed by atoms with Crippen LogP contribution in [-0.4, -0.2) is 7.05 Å². The average Bonchev–Trinajstić information content (AvgIpc) is 2.33. The third-order valence-electron chi connectivity index (χ3n) is 0. The summed E-state index contributed by atoms with van der Waals surface area (Å²) in [4.78, 5) is 0. The van der Waals surface area contributed by atoms with Crippen LogP contribution in [-0.2, 0) is 0 Å². The molecule has 0 spiro atoms. The molecular weight excluding hydrogens is 146 g/mol. The molecule has 0 heterocycles. The highest BCUT2D eigenvalue weighted by Gasteiger charge is 0.940. The zero-order valence-electron chi connectivity index (χ0n) is 11.6. The van der Waals surface area contributed by atoms with E-state index >= 15 is 0 Å². The van der Waals surface area contributed by atoms with Crippen molar-refractivity contribution < 1.29 is 0 Å². The molecule has 0 aromatic heterocycles. The predicted octanol–water partition coefficient (Wildman–Crippen LogP) is 4.71. The standard InChI is InChI=1S/5C2H6.CH5N/c6*1-2/h5*1-2H3;2H2,1H3. The van der Waals surface area contributed by atoms with Gasteiger partial charge in [0.05, 0.1) is 0 Å². The fourth-order valence-electron chi connectivity index (χ4n) is 0. The van der Waals surface area contributed by atoms with Crippen molar-refractivity contribution in [2.45, 2.75) is 69.2 Å². The maximum Gasteiger partial charge on any atom is -0.0195 e. The summed E-state index contributed by atoms with van der Waals surface area (Å²) in [6.07, 6.45) is 0. The number of hydrogen-bond donors (Lipinski definition) is 1. The molecule has 0 aromatic rings. The summed E-state index contributed by atoms with van der Waals surface area (Å²) in [5.74, 6) is 0. The molecule has 0 aliphatic heterocycles. The minimum absolute atomic E-state index is 1.50. The summed E-state index contributed by atoms with van der Waals surface area (Å²) in [5, 5.41) is 0. The van der Waals surface area contributed by atoms with Gasteiger partial charge < -0.3 is 5.73 Å². The summed E-state index contributed by atoms with van der Waals surface area (Å²) in [6.45, 7) is 20.0. The van der Waals surface area contributed by atoms with Crippen LogP contribution in [0.5, 0.6) is 0 Å². The molecule has 84 valence electrons. The van der Waals surface area contributed by atoms with Gasteiger partial charge in [-0.15, -0.1) is 0 Å². The first kappa shape index (κ1) is 40.4. The fraction of sp³-hybridized carbons (Fsp3) is 1.00. The molecule has 0 amide bonds. The maximum atomic E-state index is 4.50. The molecular formula is C11H35N. The summed E-state index contributed by atoms with van der Waals surface area (Å²) in [7, 11) is 1.50. The van der Waals surface area contributed by atoms with Crippen molar-refractivity contribution in [3.8, 4) is 0 Å². The summed E-state index contributed by atoms with van der Waals surface area (Å²) in [5.41, 5.74) is 4.50. The van der Waals surface area contributed by atoms with E-state index in [-0.39, 0.29) is 0 Å². The van der Waals surface area contributed by atoms with Crippen molar-refractivity contribution in [2.75, 3.05) is 7.05 Å². The van der Waals surface area contributed by atoms with Crippen molar-refractivity contribution in [2.24, 2.45) is 5.73 Å². The first-order valence-corrected chi connectivity index (χ1v) is 5.58. The Hall–Kier alpha value is -0.0400. The van der Waals surface area contributed by atoms with E-state index in [9.17, 15) is 0 Å². The molecule has 0 bridgehead atoms. The number of rotatable bonds is 0.